The second kappa shape index (κ2) is 10.0. The smallest absolute Gasteiger partial charge is 0.266 e. The average Bonchev–Trinajstić information content (AvgIpc) is 2.91. The van der Waals surface area contributed by atoms with E-state index in [1.165, 1.54) is 0 Å². The van der Waals surface area contributed by atoms with Crippen molar-refractivity contribution in [3.63, 3.8) is 0 Å². The third kappa shape index (κ3) is 4.37. The van der Waals surface area contributed by atoms with E-state index in [-0.39, 0.29) is 5.56 Å². The lowest BCUT2D eigenvalue weighted by Gasteiger charge is -2.20. The third-order valence-electron chi connectivity index (χ3n) is 5.59. The predicted octanol–water partition coefficient (Wildman–Crippen LogP) is 7.34. The summed E-state index contributed by atoms with van der Waals surface area (Å²) in [4.78, 5) is 13.8. The minimum atomic E-state index is -0.148. The Morgan fingerprint density at radius 3 is 1.56 bits per heavy atom. The lowest BCUT2D eigenvalue weighted by atomic mass is 9.91. The van der Waals surface area contributed by atoms with Gasteiger partial charge in [0, 0.05) is 16.7 Å². The van der Waals surface area contributed by atoms with E-state index in [1.54, 1.807) is 10.9 Å². The van der Waals surface area contributed by atoms with Crippen LogP contribution in [0.15, 0.2) is 131 Å². The van der Waals surface area contributed by atoms with E-state index in [4.69, 9.17) is 5.10 Å². The van der Waals surface area contributed by atoms with Gasteiger partial charge in [-0.3, -0.25) is 4.79 Å². The fourth-order valence-corrected chi connectivity index (χ4v) is 4.84. The molecule has 0 amide bonds. The predicted molar refractivity (Wildman–Crippen MR) is 149 cm³/mol. The van der Waals surface area contributed by atoms with Gasteiger partial charge in [0.15, 0.2) is 0 Å². The van der Waals surface area contributed by atoms with Crippen LogP contribution in [0.3, 0.4) is 0 Å². The van der Waals surface area contributed by atoms with Crippen molar-refractivity contribution in [1.29, 1.82) is 0 Å². The van der Waals surface area contributed by atoms with Gasteiger partial charge in [-0.25, -0.2) is 0 Å². The van der Waals surface area contributed by atoms with Gasteiger partial charge in [-0.1, -0.05) is 121 Å². The molecule has 0 N–H and O–H groups in total. The van der Waals surface area contributed by atoms with Crippen LogP contribution in [-0.2, 0) is 0 Å². The van der Waals surface area contributed by atoms with Crippen molar-refractivity contribution in [3.05, 3.63) is 141 Å². The quantitative estimate of drug-likeness (QED) is 0.166. The zero-order valence-electron chi connectivity index (χ0n) is 18.3. The number of benzene rings is 4. The molecule has 0 fully saturated rings. The molecule has 0 spiro atoms. The van der Waals surface area contributed by atoms with Crippen LogP contribution in [0, 0.1) is 3.57 Å². The van der Waals surface area contributed by atoms with Crippen LogP contribution >= 0.6 is 22.6 Å². The molecule has 0 atom stereocenters. The van der Waals surface area contributed by atoms with Crippen LogP contribution in [0.1, 0.15) is 5.56 Å². The Morgan fingerprint density at radius 1 is 0.588 bits per heavy atom. The second-order valence-corrected chi connectivity index (χ2v) is 8.86. The Morgan fingerprint density at radius 2 is 1.03 bits per heavy atom. The van der Waals surface area contributed by atoms with E-state index in [0.29, 0.717) is 3.57 Å². The lowest BCUT2D eigenvalue weighted by Crippen LogP contribution is -2.23. The van der Waals surface area contributed by atoms with Crippen molar-refractivity contribution in [2.75, 3.05) is 0 Å². The summed E-state index contributed by atoms with van der Waals surface area (Å²) in [5.74, 6) is 0. The number of aromatic nitrogens is 1. The maximum atomic E-state index is 13.8. The molecule has 164 valence electrons. The van der Waals surface area contributed by atoms with Gasteiger partial charge in [0.2, 0.25) is 0 Å². The Kier molecular flexibility index (Phi) is 6.49. The molecule has 5 aromatic rings. The summed E-state index contributed by atoms with van der Waals surface area (Å²) >= 11 is 2.17. The van der Waals surface area contributed by atoms with E-state index in [0.717, 1.165) is 39.1 Å². The topological polar surface area (TPSA) is 34.4 Å². The fourth-order valence-electron chi connectivity index (χ4n) is 4.03. The Labute approximate surface area is 212 Å². The van der Waals surface area contributed by atoms with Gasteiger partial charge in [0.1, 0.15) is 0 Å². The van der Waals surface area contributed by atoms with E-state index in [1.807, 2.05) is 97.1 Å². The van der Waals surface area contributed by atoms with Crippen LogP contribution in [0.4, 0.5) is 0 Å². The second-order valence-electron chi connectivity index (χ2n) is 7.78. The number of rotatable bonds is 5. The van der Waals surface area contributed by atoms with E-state index in [2.05, 4.69) is 46.9 Å². The van der Waals surface area contributed by atoms with Gasteiger partial charge in [0.25, 0.3) is 5.56 Å². The van der Waals surface area contributed by atoms with Gasteiger partial charge in [0.05, 0.1) is 15.5 Å². The largest absolute Gasteiger partial charge is 0.285 e. The molecule has 0 radical (unpaired) electrons. The molecule has 34 heavy (non-hydrogen) atoms. The molecule has 0 saturated carbocycles. The van der Waals surface area contributed by atoms with Gasteiger partial charge < -0.3 is 0 Å². The lowest BCUT2D eigenvalue weighted by molar-refractivity contribution is 0.838. The normalized spacial score (nSPS) is 11.1. The highest BCUT2D eigenvalue weighted by Gasteiger charge is 2.23. The van der Waals surface area contributed by atoms with Crippen LogP contribution in [0.2, 0.25) is 0 Å². The minimum Gasteiger partial charge on any atom is -0.266 e. The maximum absolute atomic E-state index is 13.8. The van der Waals surface area contributed by atoms with E-state index < -0.39 is 0 Å². The molecule has 0 aliphatic rings. The Hall–Kier alpha value is -3.77. The molecular weight excluding hydrogens is 531 g/mol. The number of halogens is 1. The summed E-state index contributed by atoms with van der Waals surface area (Å²) in [7, 11) is 0. The summed E-state index contributed by atoms with van der Waals surface area (Å²) in [6, 6.07) is 40.1. The van der Waals surface area contributed by atoms with Crippen LogP contribution in [0.5, 0.6) is 0 Å². The highest BCUT2D eigenvalue weighted by Crippen LogP contribution is 2.41. The third-order valence-corrected chi connectivity index (χ3v) is 6.59. The Balaban J connectivity index is 1.91. The zero-order chi connectivity index (χ0) is 23.3. The molecule has 0 aliphatic heterocycles. The number of pyridine rings is 1. The highest BCUT2D eigenvalue weighted by atomic mass is 127. The molecule has 1 heterocycles. The zero-order valence-corrected chi connectivity index (χ0v) is 20.5. The van der Waals surface area contributed by atoms with Crippen LogP contribution in [-0.4, -0.2) is 10.9 Å². The molecule has 0 unspecified atom stereocenters. The highest BCUT2D eigenvalue weighted by molar-refractivity contribution is 14.1. The standard InChI is InChI=1S/C30H21IN2O/c31-28-26(23-15-7-2-8-16-23)27(24-17-9-3-10-18-24)29(25-19-11-4-12-20-25)33(30(28)34)32-21-22-13-5-1-6-14-22/h1-21H/b32-21+. The van der Waals surface area contributed by atoms with Crippen molar-refractivity contribution < 1.29 is 0 Å². The van der Waals surface area contributed by atoms with Crippen LogP contribution in [0.25, 0.3) is 33.5 Å². The van der Waals surface area contributed by atoms with Gasteiger partial charge in [-0.2, -0.15) is 9.78 Å². The summed E-state index contributed by atoms with van der Waals surface area (Å²) in [6.45, 7) is 0. The number of hydrogen-bond donors (Lipinski definition) is 0. The SMILES string of the molecule is O=c1c(I)c(-c2ccccc2)c(-c2ccccc2)c(-c2ccccc2)n1/N=C/c1ccccc1. The van der Waals surface area contributed by atoms with Crippen molar-refractivity contribution in [3.8, 4) is 33.5 Å². The summed E-state index contributed by atoms with van der Waals surface area (Å²) in [5, 5.41) is 4.71. The molecule has 0 bridgehead atoms. The van der Waals surface area contributed by atoms with Crippen molar-refractivity contribution in [1.82, 2.24) is 4.68 Å². The molecule has 4 aromatic carbocycles. The monoisotopic (exact) mass is 552 g/mol. The first-order chi connectivity index (χ1) is 16.7. The van der Waals surface area contributed by atoms with Crippen molar-refractivity contribution >= 4 is 28.8 Å². The summed E-state index contributed by atoms with van der Waals surface area (Å²) in [5.41, 5.74) is 6.40. The molecule has 1 aromatic heterocycles. The van der Waals surface area contributed by atoms with Crippen LogP contribution < -0.4 is 5.56 Å². The van der Waals surface area contributed by atoms with Gasteiger partial charge >= 0.3 is 0 Å². The van der Waals surface area contributed by atoms with Gasteiger partial charge in [-0.05, 0) is 39.3 Å². The van der Waals surface area contributed by atoms with Crippen molar-refractivity contribution in [2.45, 2.75) is 0 Å². The first kappa shape index (κ1) is 22.0. The molecule has 0 saturated heterocycles. The molecule has 5 rings (SSSR count). The fraction of sp³-hybridized carbons (Fsp3) is 0. The molecule has 0 aliphatic carbocycles. The average molecular weight is 552 g/mol. The van der Waals surface area contributed by atoms with Crippen molar-refractivity contribution in [2.24, 2.45) is 5.10 Å². The first-order valence-electron chi connectivity index (χ1n) is 11.0. The summed E-state index contributed by atoms with van der Waals surface area (Å²) in [6.07, 6.45) is 1.74. The maximum Gasteiger partial charge on any atom is 0.285 e. The number of nitrogens with zero attached hydrogens (tertiary/aromatic N) is 2. The molecule has 4 heteroatoms. The minimum absolute atomic E-state index is 0.148. The first-order valence-corrected chi connectivity index (χ1v) is 12.1. The summed E-state index contributed by atoms with van der Waals surface area (Å²) < 4.78 is 2.17. The molecular formula is C30H21IN2O. The van der Waals surface area contributed by atoms with Gasteiger partial charge in [-0.15, -0.1) is 0 Å². The van der Waals surface area contributed by atoms with E-state index >= 15 is 0 Å². The van der Waals surface area contributed by atoms with E-state index in [9.17, 15) is 4.79 Å². The number of hydrogen-bond acceptors (Lipinski definition) is 2. The molecule has 3 nitrogen and oxygen atoms in total. The Bertz CT molecular complexity index is 1490.